The van der Waals surface area contributed by atoms with E-state index in [2.05, 4.69) is 10.6 Å². The topological polar surface area (TPSA) is 111 Å². The van der Waals surface area contributed by atoms with Crippen molar-refractivity contribution in [3.8, 4) is 5.75 Å². The molecular formula is C18H27N3O5. The highest BCUT2D eigenvalue weighted by molar-refractivity contribution is 5.89. The minimum Gasteiger partial charge on any atom is -0.497 e. The van der Waals surface area contributed by atoms with Gasteiger partial charge in [-0.1, -0.05) is 12.1 Å². The van der Waals surface area contributed by atoms with Gasteiger partial charge in [-0.05, 0) is 24.6 Å². The van der Waals surface area contributed by atoms with Crippen LogP contribution in [-0.4, -0.2) is 71.9 Å². The third-order valence-corrected chi connectivity index (χ3v) is 4.48. The summed E-state index contributed by atoms with van der Waals surface area (Å²) >= 11 is 0. The number of nitrogens with one attached hydrogen (secondary N) is 2. The lowest BCUT2D eigenvalue weighted by Gasteiger charge is -2.35. The monoisotopic (exact) mass is 365 g/mol. The Morgan fingerprint density at radius 3 is 2.81 bits per heavy atom. The van der Waals surface area contributed by atoms with Crippen molar-refractivity contribution in [1.82, 2.24) is 15.5 Å². The first-order chi connectivity index (χ1) is 12.4. The van der Waals surface area contributed by atoms with E-state index in [1.54, 1.807) is 14.0 Å². The van der Waals surface area contributed by atoms with Gasteiger partial charge in [0.25, 0.3) is 0 Å². The van der Waals surface area contributed by atoms with Crippen LogP contribution in [0, 0.1) is 0 Å². The van der Waals surface area contributed by atoms with Crippen LogP contribution in [-0.2, 0) is 16.1 Å². The van der Waals surface area contributed by atoms with Gasteiger partial charge in [0.1, 0.15) is 5.75 Å². The Morgan fingerprint density at radius 2 is 2.15 bits per heavy atom. The SMILES string of the molecule is COc1cccc(CN2CCNC(=O)[C@H]2CC(=O)NC(C)(CO)CO)c1. The second-order valence-corrected chi connectivity index (χ2v) is 6.76. The van der Waals surface area contributed by atoms with Gasteiger partial charge < -0.3 is 25.6 Å². The summed E-state index contributed by atoms with van der Waals surface area (Å²) in [6.07, 6.45) is -0.0502. The molecule has 2 amide bonds. The maximum absolute atomic E-state index is 12.3. The van der Waals surface area contributed by atoms with Gasteiger partial charge in [0.15, 0.2) is 0 Å². The summed E-state index contributed by atoms with van der Waals surface area (Å²) in [6.45, 7) is 2.42. The zero-order valence-electron chi connectivity index (χ0n) is 15.2. The molecule has 0 spiro atoms. The molecule has 0 radical (unpaired) electrons. The minimum atomic E-state index is -1.11. The van der Waals surface area contributed by atoms with Gasteiger partial charge in [0, 0.05) is 19.6 Å². The van der Waals surface area contributed by atoms with Gasteiger partial charge in [0.05, 0.1) is 38.3 Å². The standard InChI is InChI=1S/C18H27N3O5/c1-18(11-22,12-23)20-16(24)9-15-17(25)19-6-7-21(15)10-13-4-3-5-14(8-13)26-2/h3-5,8,15,22-23H,6-7,9-12H2,1-2H3,(H,19,25)(H,20,24)/t15-/m1/s1. The summed E-state index contributed by atoms with van der Waals surface area (Å²) in [5.74, 6) is 0.136. The molecule has 1 aromatic carbocycles. The number of amides is 2. The van der Waals surface area contributed by atoms with E-state index in [-0.39, 0.29) is 25.5 Å². The Balaban J connectivity index is 2.07. The van der Waals surface area contributed by atoms with E-state index in [1.165, 1.54) is 0 Å². The van der Waals surface area contributed by atoms with E-state index in [4.69, 9.17) is 4.74 Å². The summed E-state index contributed by atoms with van der Waals surface area (Å²) in [7, 11) is 1.60. The van der Waals surface area contributed by atoms with Crippen LogP contribution in [0.4, 0.5) is 0 Å². The van der Waals surface area contributed by atoms with Crippen molar-refractivity contribution in [2.45, 2.75) is 31.5 Å². The normalized spacial score (nSPS) is 18.3. The van der Waals surface area contributed by atoms with Crippen LogP contribution in [0.15, 0.2) is 24.3 Å². The van der Waals surface area contributed by atoms with Crippen molar-refractivity contribution >= 4 is 11.8 Å². The lowest BCUT2D eigenvalue weighted by molar-refractivity contribution is -0.135. The maximum Gasteiger partial charge on any atom is 0.237 e. The van der Waals surface area contributed by atoms with E-state index >= 15 is 0 Å². The van der Waals surface area contributed by atoms with Crippen molar-refractivity contribution in [2.75, 3.05) is 33.4 Å². The smallest absolute Gasteiger partial charge is 0.237 e. The molecule has 0 saturated carbocycles. The Kier molecular flexibility index (Phi) is 6.96. The van der Waals surface area contributed by atoms with E-state index < -0.39 is 17.5 Å². The highest BCUT2D eigenvalue weighted by atomic mass is 16.5. The quantitative estimate of drug-likeness (QED) is 0.482. The summed E-state index contributed by atoms with van der Waals surface area (Å²) in [4.78, 5) is 26.6. The summed E-state index contributed by atoms with van der Waals surface area (Å²) in [6, 6.07) is 6.96. The number of ether oxygens (including phenoxy) is 1. The molecule has 1 heterocycles. The molecule has 2 rings (SSSR count). The van der Waals surface area contributed by atoms with Crippen LogP contribution in [0.3, 0.4) is 0 Å². The van der Waals surface area contributed by atoms with E-state index in [0.717, 1.165) is 11.3 Å². The predicted octanol–water partition coefficient (Wildman–Crippen LogP) is -0.755. The van der Waals surface area contributed by atoms with E-state index in [0.29, 0.717) is 19.6 Å². The number of benzene rings is 1. The minimum absolute atomic E-state index is 0.0502. The Hall–Kier alpha value is -2.16. The number of nitrogens with zero attached hydrogens (tertiary/aromatic N) is 1. The first-order valence-electron chi connectivity index (χ1n) is 8.58. The Bertz CT molecular complexity index is 633. The fraction of sp³-hybridized carbons (Fsp3) is 0.556. The zero-order chi connectivity index (χ0) is 19.2. The number of hydrogen-bond donors (Lipinski definition) is 4. The van der Waals surface area contributed by atoms with E-state index in [1.807, 2.05) is 29.2 Å². The van der Waals surface area contributed by atoms with Crippen molar-refractivity contribution in [1.29, 1.82) is 0 Å². The molecule has 1 saturated heterocycles. The predicted molar refractivity (Wildman–Crippen MR) is 95.5 cm³/mol. The molecule has 144 valence electrons. The number of hydrogen-bond acceptors (Lipinski definition) is 6. The molecule has 0 bridgehead atoms. The molecule has 26 heavy (non-hydrogen) atoms. The number of methoxy groups -OCH3 is 1. The van der Waals surface area contributed by atoms with Gasteiger partial charge in [-0.25, -0.2) is 0 Å². The molecule has 1 aliphatic rings. The number of aliphatic hydroxyl groups is 2. The fourth-order valence-corrected chi connectivity index (χ4v) is 2.87. The van der Waals surface area contributed by atoms with Gasteiger partial charge >= 0.3 is 0 Å². The van der Waals surface area contributed by atoms with Crippen LogP contribution in [0.1, 0.15) is 18.9 Å². The van der Waals surface area contributed by atoms with Crippen molar-refractivity contribution in [3.05, 3.63) is 29.8 Å². The average Bonchev–Trinajstić information content (AvgIpc) is 2.64. The van der Waals surface area contributed by atoms with Crippen LogP contribution < -0.4 is 15.4 Å². The molecule has 1 aliphatic heterocycles. The first kappa shape index (κ1) is 20.2. The van der Waals surface area contributed by atoms with Crippen LogP contribution in [0.25, 0.3) is 0 Å². The lowest BCUT2D eigenvalue weighted by Crippen LogP contribution is -2.58. The number of carbonyl (C=O) groups excluding carboxylic acids is 2. The second-order valence-electron chi connectivity index (χ2n) is 6.76. The first-order valence-corrected chi connectivity index (χ1v) is 8.58. The molecule has 0 aliphatic carbocycles. The Morgan fingerprint density at radius 1 is 1.42 bits per heavy atom. The number of aliphatic hydroxyl groups excluding tert-OH is 2. The average molecular weight is 365 g/mol. The molecule has 0 aromatic heterocycles. The molecule has 1 fully saturated rings. The molecule has 8 nitrogen and oxygen atoms in total. The molecule has 1 atom stereocenters. The van der Waals surface area contributed by atoms with Gasteiger partial charge in [-0.15, -0.1) is 0 Å². The van der Waals surface area contributed by atoms with Gasteiger partial charge in [-0.2, -0.15) is 0 Å². The molecule has 8 heteroatoms. The molecule has 1 aromatic rings. The van der Waals surface area contributed by atoms with Crippen LogP contribution in [0.5, 0.6) is 5.75 Å². The third kappa shape index (κ3) is 5.17. The summed E-state index contributed by atoms with van der Waals surface area (Å²) in [5.41, 5.74) is -0.125. The summed E-state index contributed by atoms with van der Waals surface area (Å²) < 4.78 is 5.23. The van der Waals surface area contributed by atoms with Crippen LogP contribution >= 0.6 is 0 Å². The Labute approximate surface area is 153 Å². The molecular weight excluding hydrogens is 338 g/mol. The number of piperazine rings is 1. The van der Waals surface area contributed by atoms with Crippen molar-refractivity contribution in [3.63, 3.8) is 0 Å². The van der Waals surface area contributed by atoms with Crippen molar-refractivity contribution in [2.24, 2.45) is 0 Å². The maximum atomic E-state index is 12.3. The second kappa shape index (κ2) is 8.98. The third-order valence-electron chi connectivity index (χ3n) is 4.48. The fourth-order valence-electron chi connectivity index (χ4n) is 2.87. The largest absolute Gasteiger partial charge is 0.497 e. The van der Waals surface area contributed by atoms with E-state index in [9.17, 15) is 19.8 Å². The highest BCUT2D eigenvalue weighted by Gasteiger charge is 2.33. The molecule has 0 unspecified atom stereocenters. The lowest BCUT2D eigenvalue weighted by atomic mass is 10.0. The van der Waals surface area contributed by atoms with Crippen molar-refractivity contribution < 1.29 is 24.5 Å². The summed E-state index contributed by atoms with van der Waals surface area (Å²) in [5, 5.41) is 24.0. The highest BCUT2D eigenvalue weighted by Crippen LogP contribution is 2.18. The number of rotatable bonds is 8. The number of carbonyl (C=O) groups is 2. The van der Waals surface area contributed by atoms with Crippen LogP contribution in [0.2, 0.25) is 0 Å². The zero-order valence-corrected chi connectivity index (χ0v) is 15.2. The van der Waals surface area contributed by atoms with Gasteiger partial charge in [0.2, 0.25) is 11.8 Å². The molecule has 4 N–H and O–H groups in total. The van der Waals surface area contributed by atoms with Gasteiger partial charge in [-0.3, -0.25) is 14.5 Å².